The monoisotopic (exact) mass is 330 g/mol. The highest BCUT2D eigenvalue weighted by Crippen LogP contribution is 2.31. The molecular formula is C15H20BrClO. The van der Waals surface area contributed by atoms with E-state index in [1.165, 1.54) is 25.7 Å². The molecule has 100 valence electrons. The summed E-state index contributed by atoms with van der Waals surface area (Å²) in [6.07, 6.45) is 5.51. The highest BCUT2D eigenvalue weighted by atomic mass is 79.9. The van der Waals surface area contributed by atoms with Crippen LogP contribution in [0.25, 0.3) is 0 Å². The number of benzene rings is 1. The lowest BCUT2D eigenvalue weighted by molar-refractivity contribution is -0.0290. The molecule has 0 aliphatic heterocycles. The zero-order valence-electron chi connectivity index (χ0n) is 10.7. The van der Waals surface area contributed by atoms with E-state index >= 15 is 0 Å². The minimum absolute atomic E-state index is 0.110. The van der Waals surface area contributed by atoms with Gasteiger partial charge >= 0.3 is 0 Å². The molecule has 1 saturated carbocycles. The number of rotatable bonds is 4. The molecule has 0 heterocycles. The summed E-state index contributed by atoms with van der Waals surface area (Å²) in [5, 5.41) is 1.59. The number of hydrogen-bond donors (Lipinski definition) is 0. The first-order chi connectivity index (χ1) is 8.69. The quantitative estimate of drug-likeness (QED) is 0.674. The largest absolute Gasteiger partial charge is 0.369 e. The summed E-state index contributed by atoms with van der Waals surface area (Å²) in [5.41, 5.74) is 1.16. The Balaban J connectivity index is 2.00. The third-order valence-electron chi connectivity index (χ3n) is 3.61. The lowest BCUT2D eigenvalue weighted by atomic mass is 9.88. The van der Waals surface area contributed by atoms with E-state index in [-0.39, 0.29) is 6.10 Å². The van der Waals surface area contributed by atoms with E-state index in [4.69, 9.17) is 16.3 Å². The van der Waals surface area contributed by atoms with Gasteiger partial charge in [0.1, 0.15) is 0 Å². The highest BCUT2D eigenvalue weighted by molar-refractivity contribution is 9.09. The van der Waals surface area contributed by atoms with E-state index in [1.54, 1.807) is 0 Å². The molecule has 0 N–H and O–H groups in total. The lowest BCUT2D eigenvalue weighted by Gasteiger charge is -2.30. The molecule has 3 heteroatoms. The second-order valence-electron chi connectivity index (χ2n) is 5.23. The van der Waals surface area contributed by atoms with Crippen LogP contribution in [0.1, 0.15) is 44.3 Å². The first kappa shape index (κ1) is 14.4. The van der Waals surface area contributed by atoms with Crippen molar-refractivity contribution in [3.05, 3.63) is 34.9 Å². The normalized spacial score (nSPS) is 25.9. The molecule has 18 heavy (non-hydrogen) atoms. The third kappa shape index (κ3) is 3.97. The second-order valence-corrected chi connectivity index (χ2v) is 6.31. The van der Waals surface area contributed by atoms with Gasteiger partial charge in [0, 0.05) is 10.4 Å². The minimum Gasteiger partial charge on any atom is -0.369 e. The molecule has 1 aliphatic rings. The van der Waals surface area contributed by atoms with Crippen LogP contribution >= 0.6 is 27.5 Å². The van der Waals surface area contributed by atoms with E-state index < -0.39 is 0 Å². The average Bonchev–Trinajstić information content (AvgIpc) is 2.36. The average molecular weight is 332 g/mol. The molecule has 0 amide bonds. The fourth-order valence-electron chi connectivity index (χ4n) is 2.65. The predicted octanol–water partition coefficient (Wildman–Crippen LogP) is 5.37. The van der Waals surface area contributed by atoms with Gasteiger partial charge in [-0.25, -0.2) is 0 Å². The van der Waals surface area contributed by atoms with Gasteiger partial charge in [-0.15, -0.1) is 0 Å². The van der Waals surface area contributed by atoms with Gasteiger partial charge in [0.15, 0.2) is 0 Å². The van der Waals surface area contributed by atoms with Crippen LogP contribution in [0.4, 0.5) is 0 Å². The smallest absolute Gasteiger partial charge is 0.0925 e. The molecule has 3 unspecified atom stereocenters. The van der Waals surface area contributed by atoms with Crippen molar-refractivity contribution in [3.8, 4) is 0 Å². The number of hydrogen-bond acceptors (Lipinski definition) is 1. The van der Waals surface area contributed by atoms with Crippen LogP contribution in [-0.4, -0.2) is 11.4 Å². The van der Waals surface area contributed by atoms with Crippen molar-refractivity contribution in [1.29, 1.82) is 0 Å². The van der Waals surface area contributed by atoms with Gasteiger partial charge in [-0.2, -0.15) is 0 Å². The van der Waals surface area contributed by atoms with E-state index in [0.717, 1.165) is 21.8 Å². The van der Waals surface area contributed by atoms with Gasteiger partial charge < -0.3 is 4.74 Å². The molecule has 0 bridgehead atoms. The van der Waals surface area contributed by atoms with Crippen LogP contribution in [0.5, 0.6) is 0 Å². The molecule has 1 fully saturated rings. The molecular weight excluding hydrogens is 312 g/mol. The number of ether oxygens (including phenoxy) is 1. The van der Waals surface area contributed by atoms with E-state index in [0.29, 0.717) is 6.10 Å². The number of alkyl halides is 1. The second kappa shape index (κ2) is 6.93. The van der Waals surface area contributed by atoms with Crippen LogP contribution < -0.4 is 0 Å². The molecule has 1 nitrogen and oxygen atoms in total. The molecule has 1 aromatic carbocycles. The first-order valence-electron chi connectivity index (χ1n) is 6.66. The Hall–Kier alpha value is -0.0500. The van der Waals surface area contributed by atoms with E-state index in [2.05, 4.69) is 28.9 Å². The summed E-state index contributed by atoms with van der Waals surface area (Å²) in [4.78, 5) is 0. The number of halogens is 2. The molecule has 2 rings (SSSR count). The zero-order chi connectivity index (χ0) is 13.0. The maximum atomic E-state index is 6.25. The summed E-state index contributed by atoms with van der Waals surface area (Å²) >= 11 is 9.59. The molecule has 0 spiro atoms. The standard InChI is InChI=1S/C15H20BrClO/c1-11-4-2-7-14(8-11)18-15(10-16)12-5-3-6-13(17)9-12/h3,5-6,9,11,14-15H,2,4,7-8,10H2,1H3. The lowest BCUT2D eigenvalue weighted by Crippen LogP contribution is -2.24. The Kier molecular flexibility index (Phi) is 5.53. The molecule has 1 aliphatic carbocycles. The van der Waals surface area contributed by atoms with Crippen molar-refractivity contribution in [1.82, 2.24) is 0 Å². The maximum Gasteiger partial charge on any atom is 0.0925 e. The topological polar surface area (TPSA) is 9.23 Å². The summed E-state index contributed by atoms with van der Waals surface area (Å²) in [6.45, 7) is 2.32. The van der Waals surface area contributed by atoms with E-state index in [1.807, 2.05) is 18.2 Å². The Bertz CT molecular complexity index is 383. The van der Waals surface area contributed by atoms with Crippen LogP contribution in [-0.2, 0) is 4.74 Å². The Morgan fingerprint density at radius 1 is 1.44 bits per heavy atom. The minimum atomic E-state index is 0.110. The Morgan fingerprint density at radius 2 is 2.28 bits per heavy atom. The maximum absolute atomic E-state index is 6.25. The predicted molar refractivity (Wildman–Crippen MR) is 80.5 cm³/mol. The molecule has 0 saturated heterocycles. The van der Waals surface area contributed by atoms with Gasteiger partial charge in [-0.05, 0) is 36.5 Å². The molecule has 0 radical (unpaired) electrons. The van der Waals surface area contributed by atoms with Crippen LogP contribution in [0.3, 0.4) is 0 Å². The van der Waals surface area contributed by atoms with Crippen molar-refractivity contribution >= 4 is 27.5 Å². The summed E-state index contributed by atoms with van der Waals surface area (Å²) in [7, 11) is 0. The van der Waals surface area contributed by atoms with E-state index in [9.17, 15) is 0 Å². The van der Waals surface area contributed by atoms with Gasteiger partial charge in [0.25, 0.3) is 0 Å². The zero-order valence-corrected chi connectivity index (χ0v) is 13.1. The van der Waals surface area contributed by atoms with Crippen LogP contribution in [0.15, 0.2) is 24.3 Å². The Morgan fingerprint density at radius 3 is 2.94 bits per heavy atom. The van der Waals surface area contributed by atoms with Gasteiger partial charge in [-0.3, -0.25) is 0 Å². The van der Waals surface area contributed by atoms with Crippen molar-refractivity contribution in [3.63, 3.8) is 0 Å². The van der Waals surface area contributed by atoms with Gasteiger partial charge in [0.05, 0.1) is 12.2 Å². The fourth-order valence-corrected chi connectivity index (χ4v) is 3.37. The summed E-state index contributed by atoms with van der Waals surface area (Å²) in [6, 6.07) is 7.98. The molecule has 3 atom stereocenters. The molecule has 1 aromatic rings. The van der Waals surface area contributed by atoms with Crippen LogP contribution in [0.2, 0.25) is 5.02 Å². The Labute approximate surface area is 123 Å². The van der Waals surface area contributed by atoms with Crippen LogP contribution in [0, 0.1) is 5.92 Å². The third-order valence-corrected chi connectivity index (χ3v) is 4.43. The fraction of sp³-hybridized carbons (Fsp3) is 0.600. The SMILES string of the molecule is CC1CCCC(OC(CBr)c2cccc(Cl)c2)C1. The van der Waals surface area contributed by atoms with Gasteiger partial charge in [0.2, 0.25) is 0 Å². The van der Waals surface area contributed by atoms with Crippen molar-refractivity contribution in [2.75, 3.05) is 5.33 Å². The van der Waals surface area contributed by atoms with Gasteiger partial charge in [-0.1, -0.05) is 59.4 Å². The van der Waals surface area contributed by atoms with Crippen molar-refractivity contribution in [2.24, 2.45) is 5.92 Å². The summed E-state index contributed by atoms with van der Waals surface area (Å²) < 4.78 is 6.25. The van der Waals surface area contributed by atoms with Crippen molar-refractivity contribution < 1.29 is 4.74 Å². The van der Waals surface area contributed by atoms with Crippen molar-refractivity contribution in [2.45, 2.75) is 44.8 Å². The molecule has 0 aromatic heterocycles. The summed E-state index contributed by atoms with van der Waals surface area (Å²) in [5.74, 6) is 0.791. The highest BCUT2D eigenvalue weighted by Gasteiger charge is 2.23. The first-order valence-corrected chi connectivity index (χ1v) is 8.16.